The Morgan fingerprint density at radius 1 is 1.11 bits per heavy atom. The molecule has 3 rings (SSSR count). The third-order valence-corrected chi connectivity index (χ3v) is 5.42. The van der Waals surface area contributed by atoms with Gasteiger partial charge in [-0.05, 0) is 55.6 Å². The zero-order valence-electron chi connectivity index (χ0n) is 15.6. The lowest BCUT2D eigenvalue weighted by Gasteiger charge is -2.09. The van der Waals surface area contributed by atoms with Crippen molar-refractivity contribution >= 4 is 34.7 Å². The molecule has 7 heteroatoms. The van der Waals surface area contributed by atoms with Crippen molar-refractivity contribution < 1.29 is 19.1 Å². The highest BCUT2D eigenvalue weighted by Crippen LogP contribution is 2.20. The second kappa shape index (κ2) is 9.08. The second-order valence-corrected chi connectivity index (χ2v) is 7.75. The molecule has 0 aliphatic heterocycles. The molecule has 0 aliphatic carbocycles. The van der Waals surface area contributed by atoms with Gasteiger partial charge in [0.15, 0.2) is 13.2 Å². The first kappa shape index (κ1) is 20.2. The first-order valence-electron chi connectivity index (χ1n) is 8.70. The number of nitrogens with zero attached hydrogens (tertiary/aromatic N) is 1. The monoisotopic (exact) mass is 417 g/mol. The van der Waals surface area contributed by atoms with Crippen LogP contribution in [-0.2, 0) is 16.1 Å². The lowest BCUT2D eigenvalue weighted by Crippen LogP contribution is -2.20. The van der Waals surface area contributed by atoms with Gasteiger partial charge in [0.1, 0.15) is 5.75 Å². The number of benzene rings is 1. The minimum absolute atomic E-state index is 0.231. The summed E-state index contributed by atoms with van der Waals surface area (Å²) in [5, 5.41) is 2.61. The van der Waals surface area contributed by atoms with Crippen LogP contribution in [0.2, 0.25) is 5.02 Å². The van der Waals surface area contributed by atoms with E-state index in [1.165, 1.54) is 4.88 Å². The number of esters is 1. The van der Waals surface area contributed by atoms with Crippen LogP contribution in [0.25, 0.3) is 0 Å². The van der Waals surface area contributed by atoms with E-state index in [0.717, 1.165) is 17.9 Å². The SMILES string of the molecule is Cc1cc(C(=O)COC(=O)COc2ccc(Cl)cc2)c(C)n1Cc1cccs1. The average molecular weight is 418 g/mol. The van der Waals surface area contributed by atoms with Crippen LogP contribution < -0.4 is 4.74 Å². The predicted octanol–water partition coefficient (Wildman–Crippen LogP) is 4.67. The number of rotatable bonds is 8. The topological polar surface area (TPSA) is 57.5 Å². The number of hydrogen-bond acceptors (Lipinski definition) is 5. The van der Waals surface area contributed by atoms with Gasteiger partial charge in [-0.1, -0.05) is 17.7 Å². The third kappa shape index (κ3) is 5.03. The maximum absolute atomic E-state index is 12.5. The highest BCUT2D eigenvalue weighted by Gasteiger charge is 2.18. The molecule has 0 radical (unpaired) electrons. The van der Waals surface area contributed by atoms with Gasteiger partial charge in [-0.3, -0.25) is 4.79 Å². The van der Waals surface area contributed by atoms with E-state index < -0.39 is 5.97 Å². The van der Waals surface area contributed by atoms with E-state index in [9.17, 15) is 9.59 Å². The summed E-state index contributed by atoms with van der Waals surface area (Å²) in [6.07, 6.45) is 0. The van der Waals surface area contributed by atoms with Crippen LogP contribution in [0, 0.1) is 13.8 Å². The standard InChI is InChI=1S/C21H20ClNO4S/c1-14-10-19(15(2)23(14)11-18-4-3-9-28-18)20(24)12-27-21(25)13-26-17-7-5-16(22)6-8-17/h3-10H,11-13H2,1-2H3. The summed E-state index contributed by atoms with van der Waals surface area (Å²) >= 11 is 7.47. The van der Waals surface area contributed by atoms with E-state index in [1.54, 1.807) is 35.6 Å². The fourth-order valence-corrected chi connectivity index (χ4v) is 3.64. The van der Waals surface area contributed by atoms with Crippen LogP contribution in [0.4, 0.5) is 0 Å². The smallest absolute Gasteiger partial charge is 0.344 e. The molecular weight excluding hydrogens is 398 g/mol. The van der Waals surface area contributed by atoms with E-state index in [1.807, 2.05) is 31.4 Å². The average Bonchev–Trinajstić information content (AvgIpc) is 3.29. The summed E-state index contributed by atoms with van der Waals surface area (Å²) in [6, 6.07) is 12.5. The zero-order valence-corrected chi connectivity index (χ0v) is 17.2. The highest BCUT2D eigenvalue weighted by atomic mass is 35.5. The van der Waals surface area contributed by atoms with Gasteiger partial charge in [-0.15, -0.1) is 11.3 Å². The van der Waals surface area contributed by atoms with E-state index >= 15 is 0 Å². The molecule has 28 heavy (non-hydrogen) atoms. The Morgan fingerprint density at radius 2 is 1.86 bits per heavy atom. The molecule has 0 saturated carbocycles. The van der Waals surface area contributed by atoms with Gasteiger partial charge in [0.05, 0.1) is 6.54 Å². The number of carbonyl (C=O) groups excluding carboxylic acids is 2. The van der Waals surface area contributed by atoms with Crippen molar-refractivity contribution in [3.63, 3.8) is 0 Å². The first-order chi connectivity index (χ1) is 13.4. The summed E-state index contributed by atoms with van der Waals surface area (Å²) in [5.74, 6) is -0.328. The molecule has 0 unspecified atom stereocenters. The molecule has 0 aliphatic rings. The van der Waals surface area contributed by atoms with Crippen LogP contribution >= 0.6 is 22.9 Å². The van der Waals surface area contributed by atoms with Gasteiger partial charge in [0.2, 0.25) is 5.78 Å². The Labute approximate surface area is 172 Å². The molecule has 0 N–H and O–H groups in total. The maximum atomic E-state index is 12.5. The molecule has 0 atom stereocenters. The van der Waals surface area contributed by atoms with Crippen LogP contribution in [0.15, 0.2) is 47.8 Å². The summed E-state index contributed by atoms with van der Waals surface area (Å²) in [7, 11) is 0. The van der Waals surface area contributed by atoms with Gasteiger partial charge < -0.3 is 14.0 Å². The number of ether oxygens (including phenoxy) is 2. The minimum Gasteiger partial charge on any atom is -0.482 e. The van der Waals surface area contributed by atoms with Crippen molar-refractivity contribution in [2.45, 2.75) is 20.4 Å². The van der Waals surface area contributed by atoms with E-state index in [-0.39, 0.29) is 19.0 Å². The lowest BCUT2D eigenvalue weighted by molar-refractivity contribution is -0.144. The Morgan fingerprint density at radius 3 is 2.54 bits per heavy atom. The summed E-state index contributed by atoms with van der Waals surface area (Å²) in [4.78, 5) is 25.6. The minimum atomic E-state index is -0.601. The van der Waals surface area contributed by atoms with Crippen molar-refractivity contribution in [2.75, 3.05) is 13.2 Å². The van der Waals surface area contributed by atoms with Crippen LogP contribution in [0.1, 0.15) is 26.6 Å². The van der Waals surface area contributed by atoms with Crippen molar-refractivity contribution in [1.82, 2.24) is 4.57 Å². The summed E-state index contributed by atoms with van der Waals surface area (Å²) in [5.41, 5.74) is 2.43. The zero-order chi connectivity index (χ0) is 20.1. The van der Waals surface area contributed by atoms with Crippen LogP contribution in [0.3, 0.4) is 0 Å². The number of carbonyl (C=O) groups is 2. The largest absolute Gasteiger partial charge is 0.482 e. The number of aromatic nitrogens is 1. The van der Waals surface area contributed by atoms with E-state index in [4.69, 9.17) is 21.1 Å². The van der Waals surface area contributed by atoms with Crippen molar-refractivity contribution in [3.05, 3.63) is 74.7 Å². The molecule has 3 aromatic rings. The Bertz CT molecular complexity index is 961. The predicted molar refractivity (Wildman–Crippen MR) is 110 cm³/mol. The Kier molecular flexibility index (Phi) is 6.54. The van der Waals surface area contributed by atoms with Gasteiger partial charge in [-0.25, -0.2) is 4.79 Å². The molecule has 0 fully saturated rings. The highest BCUT2D eigenvalue weighted by molar-refractivity contribution is 7.09. The van der Waals surface area contributed by atoms with E-state index in [0.29, 0.717) is 16.3 Å². The molecule has 1 aromatic carbocycles. The summed E-state index contributed by atoms with van der Waals surface area (Å²) in [6.45, 7) is 4.00. The number of Topliss-reactive ketones (excluding diaryl/α,β-unsaturated/α-hetero) is 1. The third-order valence-electron chi connectivity index (χ3n) is 4.30. The van der Waals surface area contributed by atoms with Gasteiger partial charge >= 0.3 is 5.97 Å². The van der Waals surface area contributed by atoms with Gasteiger partial charge in [0.25, 0.3) is 0 Å². The van der Waals surface area contributed by atoms with Crippen molar-refractivity contribution in [1.29, 1.82) is 0 Å². The Balaban J connectivity index is 1.54. The molecule has 2 aromatic heterocycles. The Hall–Kier alpha value is -2.57. The molecule has 146 valence electrons. The van der Waals surface area contributed by atoms with Crippen molar-refractivity contribution in [3.8, 4) is 5.75 Å². The normalized spacial score (nSPS) is 10.7. The molecule has 2 heterocycles. The fourth-order valence-electron chi connectivity index (χ4n) is 2.82. The molecule has 0 bridgehead atoms. The van der Waals surface area contributed by atoms with Crippen LogP contribution in [0.5, 0.6) is 5.75 Å². The fraction of sp³-hybridized carbons (Fsp3) is 0.238. The quantitative estimate of drug-likeness (QED) is 0.394. The lowest BCUT2D eigenvalue weighted by atomic mass is 10.1. The molecule has 0 saturated heterocycles. The van der Waals surface area contributed by atoms with Crippen LogP contribution in [-0.4, -0.2) is 29.5 Å². The van der Waals surface area contributed by atoms with Gasteiger partial charge in [-0.2, -0.15) is 0 Å². The first-order valence-corrected chi connectivity index (χ1v) is 9.96. The molecule has 0 amide bonds. The number of hydrogen-bond donors (Lipinski definition) is 0. The molecule has 0 spiro atoms. The second-order valence-electron chi connectivity index (χ2n) is 6.28. The molecule has 5 nitrogen and oxygen atoms in total. The summed E-state index contributed by atoms with van der Waals surface area (Å²) < 4.78 is 12.5. The maximum Gasteiger partial charge on any atom is 0.344 e. The van der Waals surface area contributed by atoms with Crippen molar-refractivity contribution in [2.24, 2.45) is 0 Å². The number of ketones is 1. The number of aryl methyl sites for hydroxylation is 1. The number of thiophene rings is 1. The molecular formula is C21H20ClNO4S. The number of halogens is 1. The van der Waals surface area contributed by atoms with Gasteiger partial charge in [0, 0.05) is 26.9 Å². The van der Waals surface area contributed by atoms with E-state index in [2.05, 4.69) is 10.6 Å².